The molecular weight excluding hydrogens is 259 g/mol. The predicted molar refractivity (Wildman–Crippen MR) is 82.1 cm³/mol. The molecule has 2 rings (SSSR count). The minimum Gasteiger partial charge on any atom is -0.389 e. The topological polar surface area (TPSA) is 29.3 Å². The van der Waals surface area contributed by atoms with Gasteiger partial charge in [0.05, 0.1) is 0 Å². The van der Waals surface area contributed by atoms with Crippen molar-refractivity contribution in [3.8, 4) is 0 Å². The summed E-state index contributed by atoms with van der Waals surface area (Å²) in [6.45, 7) is 5.40. The van der Waals surface area contributed by atoms with Crippen LogP contribution in [0, 0.1) is 11.7 Å². The van der Waals surface area contributed by atoms with Gasteiger partial charge in [-0.1, -0.05) is 26.1 Å². The molecule has 1 aromatic carbocycles. The normalized spacial score (nSPS) is 14.7. The molecule has 1 aromatic rings. The van der Waals surface area contributed by atoms with Crippen LogP contribution in [-0.2, 0) is 0 Å². The van der Waals surface area contributed by atoms with E-state index in [2.05, 4.69) is 18.7 Å². The first-order valence-electron chi connectivity index (χ1n) is 6.85. The first kappa shape index (κ1) is 14.3. The Bertz CT molecular complexity index is 469. The molecule has 0 atom stereocenters. The third-order valence-corrected chi connectivity index (χ3v) is 3.70. The zero-order chi connectivity index (χ0) is 14.0. The average molecular weight is 280 g/mol. The minimum atomic E-state index is -0.319. The number of thiocarbonyl (C=S) groups is 1. The molecule has 1 fully saturated rings. The standard InChI is InChI=1S/C15H21FN2S/c1-10(2)7-8-18(11-3-4-11)12-5-6-13(15(17)19)14(16)9-12/h5-6,9-11H,3-4,7-8H2,1-2H3,(H2,17,19). The van der Waals surface area contributed by atoms with Gasteiger partial charge in [0.1, 0.15) is 10.8 Å². The lowest BCUT2D eigenvalue weighted by Crippen LogP contribution is -2.28. The van der Waals surface area contributed by atoms with Crippen LogP contribution >= 0.6 is 12.2 Å². The van der Waals surface area contributed by atoms with E-state index < -0.39 is 0 Å². The maximum Gasteiger partial charge on any atom is 0.135 e. The van der Waals surface area contributed by atoms with E-state index in [9.17, 15) is 4.39 Å². The third-order valence-electron chi connectivity index (χ3n) is 3.48. The van der Waals surface area contributed by atoms with Gasteiger partial charge in [-0.15, -0.1) is 0 Å². The summed E-state index contributed by atoms with van der Waals surface area (Å²) in [4.78, 5) is 2.43. The number of nitrogens with two attached hydrogens (primary N) is 1. The largest absolute Gasteiger partial charge is 0.389 e. The van der Waals surface area contributed by atoms with E-state index in [-0.39, 0.29) is 10.8 Å². The van der Waals surface area contributed by atoms with Crippen molar-refractivity contribution in [3.05, 3.63) is 29.6 Å². The van der Waals surface area contributed by atoms with Gasteiger partial charge in [-0.05, 0) is 43.4 Å². The summed E-state index contributed by atoms with van der Waals surface area (Å²) >= 11 is 4.83. The van der Waals surface area contributed by atoms with Gasteiger partial charge in [-0.3, -0.25) is 0 Å². The number of benzene rings is 1. The molecule has 0 unspecified atom stereocenters. The third kappa shape index (κ3) is 3.66. The molecule has 1 aliphatic rings. The van der Waals surface area contributed by atoms with Gasteiger partial charge < -0.3 is 10.6 Å². The summed E-state index contributed by atoms with van der Waals surface area (Å²) in [5.74, 6) is 0.335. The second kappa shape index (κ2) is 5.87. The smallest absolute Gasteiger partial charge is 0.135 e. The van der Waals surface area contributed by atoms with E-state index in [1.54, 1.807) is 12.1 Å². The average Bonchev–Trinajstić information content (AvgIpc) is 3.13. The van der Waals surface area contributed by atoms with E-state index in [0.29, 0.717) is 17.5 Å². The van der Waals surface area contributed by atoms with Crippen molar-refractivity contribution in [2.24, 2.45) is 11.7 Å². The molecule has 0 aromatic heterocycles. The van der Waals surface area contributed by atoms with Gasteiger partial charge in [0, 0.05) is 23.8 Å². The second-order valence-electron chi connectivity index (χ2n) is 5.64. The highest BCUT2D eigenvalue weighted by Crippen LogP contribution is 2.32. The van der Waals surface area contributed by atoms with E-state index in [1.807, 2.05) is 6.07 Å². The summed E-state index contributed by atoms with van der Waals surface area (Å²) in [5.41, 5.74) is 6.77. The van der Waals surface area contributed by atoms with Crippen molar-refractivity contribution in [3.63, 3.8) is 0 Å². The molecule has 0 aliphatic heterocycles. The molecule has 0 amide bonds. The van der Waals surface area contributed by atoms with Crippen molar-refractivity contribution in [2.75, 3.05) is 11.4 Å². The van der Waals surface area contributed by atoms with E-state index in [0.717, 1.165) is 18.7 Å². The van der Waals surface area contributed by atoms with Crippen molar-refractivity contribution in [1.82, 2.24) is 0 Å². The lowest BCUT2D eigenvalue weighted by atomic mass is 10.1. The molecule has 0 heterocycles. The maximum absolute atomic E-state index is 13.9. The first-order valence-corrected chi connectivity index (χ1v) is 7.26. The Morgan fingerprint density at radius 3 is 2.63 bits per heavy atom. The molecular formula is C15H21FN2S. The van der Waals surface area contributed by atoms with E-state index in [4.69, 9.17) is 18.0 Å². The molecule has 2 nitrogen and oxygen atoms in total. The highest BCUT2D eigenvalue weighted by Gasteiger charge is 2.29. The van der Waals surface area contributed by atoms with Crippen LogP contribution in [0.4, 0.5) is 10.1 Å². The fourth-order valence-corrected chi connectivity index (χ4v) is 2.35. The summed E-state index contributed by atoms with van der Waals surface area (Å²) in [6, 6.07) is 5.76. The summed E-state index contributed by atoms with van der Waals surface area (Å²) in [6.07, 6.45) is 3.53. The summed E-state index contributed by atoms with van der Waals surface area (Å²) < 4.78 is 13.9. The van der Waals surface area contributed by atoms with Crippen LogP contribution in [0.1, 0.15) is 38.7 Å². The van der Waals surface area contributed by atoms with Crippen LogP contribution in [-0.4, -0.2) is 17.6 Å². The van der Waals surface area contributed by atoms with Crippen LogP contribution in [0.25, 0.3) is 0 Å². The Hall–Kier alpha value is -1.16. The fraction of sp³-hybridized carbons (Fsp3) is 0.533. The number of hydrogen-bond donors (Lipinski definition) is 1. The van der Waals surface area contributed by atoms with Crippen LogP contribution in [0.5, 0.6) is 0 Å². The number of nitrogens with zero attached hydrogens (tertiary/aromatic N) is 1. The SMILES string of the molecule is CC(C)CCN(c1ccc(C(N)=S)c(F)c1)C1CC1. The lowest BCUT2D eigenvalue weighted by Gasteiger charge is -2.26. The number of anilines is 1. The highest BCUT2D eigenvalue weighted by molar-refractivity contribution is 7.80. The zero-order valence-electron chi connectivity index (χ0n) is 11.5. The predicted octanol–water partition coefficient (Wildman–Crippen LogP) is 3.47. The van der Waals surface area contributed by atoms with E-state index in [1.165, 1.54) is 12.8 Å². The molecule has 19 heavy (non-hydrogen) atoms. The zero-order valence-corrected chi connectivity index (χ0v) is 12.3. The monoisotopic (exact) mass is 280 g/mol. The molecule has 0 saturated heterocycles. The summed E-state index contributed by atoms with van der Waals surface area (Å²) in [7, 11) is 0. The van der Waals surface area contributed by atoms with Crippen molar-refractivity contribution in [2.45, 2.75) is 39.2 Å². The fourth-order valence-electron chi connectivity index (χ4n) is 2.19. The molecule has 104 valence electrons. The molecule has 0 radical (unpaired) electrons. The van der Waals surface area contributed by atoms with E-state index >= 15 is 0 Å². The lowest BCUT2D eigenvalue weighted by molar-refractivity contribution is 0.569. The Labute approximate surface area is 119 Å². The Kier molecular flexibility index (Phi) is 4.40. The van der Waals surface area contributed by atoms with Crippen LogP contribution in [0.3, 0.4) is 0 Å². The molecule has 1 saturated carbocycles. The van der Waals surface area contributed by atoms with Gasteiger partial charge in [-0.25, -0.2) is 4.39 Å². The Morgan fingerprint density at radius 1 is 1.47 bits per heavy atom. The van der Waals surface area contributed by atoms with Gasteiger partial charge in [-0.2, -0.15) is 0 Å². The molecule has 2 N–H and O–H groups in total. The van der Waals surface area contributed by atoms with Crippen molar-refractivity contribution in [1.29, 1.82) is 0 Å². The first-order chi connectivity index (χ1) is 8.99. The molecule has 1 aliphatic carbocycles. The Balaban J connectivity index is 2.17. The molecule has 4 heteroatoms. The van der Waals surface area contributed by atoms with Gasteiger partial charge in [0.25, 0.3) is 0 Å². The van der Waals surface area contributed by atoms with Crippen molar-refractivity contribution >= 4 is 22.9 Å². The molecule has 0 bridgehead atoms. The summed E-state index contributed by atoms with van der Waals surface area (Å²) in [5, 5.41) is 0. The molecule has 0 spiro atoms. The van der Waals surface area contributed by atoms with Crippen LogP contribution in [0.15, 0.2) is 18.2 Å². The minimum absolute atomic E-state index is 0.115. The van der Waals surface area contributed by atoms with Gasteiger partial charge >= 0.3 is 0 Å². The maximum atomic E-state index is 13.9. The number of halogens is 1. The van der Waals surface area contributed by atoms with Crippen LogP contribution in [0.2, 0.25) is 0 Å². The van der Waals surface area contributed by atoms with Gasteiger partial charge in [0.15, 0.2) is 0 Å². The second-order valence-corrected chi connectivity index (χ2v) is 6.08. The van der Waals surface area contributed by atoms with Crippen LogP contribution < -0.4 is 10.6 Å². The quantitative estimate of drug-likeness (QED) is 0.809. The number of hydrogen-bond acceptors (Lipinski definition) is 2. The van der Waals surface area contributed by atoms with Crippen molar-refractivity contribution < 1.29 is 4.39 Å². The number of rotatable bonds is 6. The van der Waals surface area contributed by atoms with Gasteiger partial charge in [0.2, 0.25) is 0 Å². The highest BCUT2D eigenvalue weighted by atomic mass is 32.1. The Morgan fingerprint density at radius 2 is 2.16 bits per heavy atom.